The topological polar surface area (TPSA) is 72.2 Å². The fourth-order valence-corrected chi connectivity index (χ4v) is 2.11. The summed E-state index contributed by atoms with van der Waals surface area (Å²) in [7, 11) is 0. The van der Waals surface area contributed by atoms with Gasteiger partial charge in [0.05, 0.1) is 6.54 Å². The number of aryl methyl sites for hydroxylation is 1. The van der Waals surface area contributed by atoms with Crippen LogP contribution in [0.25, 0.3) is 0 Å². The first-order chi connectivity index (χ1) is 8.08. The van der Waals surface area contributed by atoms with Gasteiger partial charge in [0.1, 0.15) is 0 Å². The highest BCUT2D eigenvalue weighted by atomic mass is 16.2. The lowest BCUT2D eigenvalue weighted by Crippen LogP contribution is -2.27. The molecule has 0 saturated heterocycles. The second-order valence-corrected chi connectivity index (χ2v) is 4.39. The minimum Gasteiger partial charge on any atom is -0.349 e. The Balaban J connectivity index is 2.14. The number of benzene rings is 1. The first-order valence-electron chi connectivity index (χ1n) is 5.74. The molecule has 0 spiro atoms. The molecular formula is C13H16N2O2. The van der Waals surface area contributed by atoms with Crippen molar-refractivity contribution in [3.8, 4) is 0 Å². The van der Waals surface area contributed by atoms with E-state index in [4.69, 9.17) is 5.73 Å². The van der Waals surface area contributed by atoms with E-state index in [1.165, 1.54) is 12.5 Å². The van der Waals surface area contributed by atoms with E-state index in [1.54, 1.807) is 6.07 Å². The fourth-order valence-electron chi connectivity index (χ4n) is 2.11. The quantitative estimate of drug-likeness (QED) is 0.762. The summed E-state index contributed by atoms with van der Waals surface area (Å²) < 4.78 is 0. The number of Topliss-reactive ketones (excluding diaryl/α,β-unsaturated/α-hetero) is 1. The normalized spacial score (nSPS) is 17.6. The number of rotatable bonds is 3. The molecule has 4 heteroatoms. The molecule has 1 unspecified atom stereocenters. The Morgan fingerprint density at radius 2 is 2.24 bits per heavy atom. The highest BCUT2D eigenvalue weighted by Gasteiger charge is 2.20. The highest BCUT2D eigenvalue weighted by molar-refractivity contribution is 5.99. The molecule has 1 aliphatic carbocycles. The fraction of sp³-hybridized carbons (Fsp3) is 0.385. The number of hydrogen-bond acceptors (Lipinski definition) is 3. The van der Waals surface area contributed by atoms with Crippen LogP contribution >= 0.6 is 0 Å². The molecule has 1 aromatic rings. The molecule has 0 heterocycles. The second-order valence-electron chi connectivity index (χ2n) is 4.39. The summed E-state index contributed by atoms with van der Waals surface area (Å²) >= 11 is 0. The number of amides is 1. The van der Waals surface area contributed by atoms with E-state index in [-0.39, 0.29) is 24.3 Å². The zero-order valence-corrected chi connectivity index (χ0v) is 9.82. The van der Waals surface area contributed by atoms with Crippen LogP contribution in [0.15, 0.2) is 18.2 Å². The van der Waals surface area contributed by atoms with Crippen LogP contribution in [0.4, 0.5) is 0 Å². The number of hydrogen-bond donors (Lipinski definition) is 2. The van der Waals surface area contributed by atoms with E-state index in [9.17, 15) is 9.59 Å². The van der Waals surface area contributed by atoms with Gasteiger partial charge in [-0.2, -0.15) is 0 Å². The summed E-state index contributed by atoms with van der Waals surface area (Å²) in [6, 6.07) is 5.67. The summed E-state index contributed by atoms with van der Waals surface area (Å²) in [4.78, 5) is 22.5. The van der Waals surface area contributed by atoms with Gasteiger partial charge in [-0.15, -0.1) is 0 Å². The smallest absolute Gasteiger partial charge is 0.217 e. The Kier molecular flexibility index (Phi) is 3.24. The minimum atomic E-state index is -0.198. The number of nitrogens with one attached hydrogen (secondary N) is 1. The van der Waals surface area contributed by atoms with Crippen LogP contribution in [0.3, 0.4) is 0 Å². The Hall–Kier alpha value is -1.68. The van der Waals surface area contributed by atoms with Crippen LogP contribution in [-0.4, -0.2) is 18.2 Å². The van der Waals surface area contributed by atoms with Gasteiger partial charge in [-0.1, -0.05) is 12.1 Å². The Morgan fingerprint density at radius 3 is 2.94 bits per heavy atom. The Bertz CT molecular complexity index is 468. The molecule has 0 fully saturated rings. The van der Waals surface area contributed by atoms with Crippen LogP contribution in [0.2, 0.25) is 0 Å². The molecule has 0 saturated carbocycles. The van der Waals surface area contributed by atoms with Crippen molar-refractivity contribution in [1.29, 1.82) is 0 Å². The molecule has 0 aliphatic heterocycles. The molecule has 4 nitrogen and oxygen atoms in total. The molecule has 2 rings (SSSR count). The average molecular weight is 232 g/mol. The molecule has 3 N–H and O–H groups in total. The second kappa shape index (κ2) is 4.67. The van der Waals surface area contributed by atoms with Crippen LogP contribution in [-0.2, 0) is 11.2 Å². The SMILES string of the molecule is CC(=O)NCC(=O)c1ccc2c(c1)C(N)CC2. The van der Waals surface area contributed by atoms with Gasteiger partial charge in [-0.05, 0) is 30.0 Å². The molecule has 0 aromatic heterocycles. The number of fused-ring (bicyclic) bond motifs is 1. The lowest BCUT2D eigenvalue weighted by molar-refractivity contribution is -0.118. The van der Waals surface area contributed by atoms with E-state index < -0.39 is 0 Å². The maximum Gasteiger partial charge on any atom is 0.217 e. The third-order valence-corrected chi connectivity index (χ3v) is 3.09. The lowest BCUT2D eigenvalue weighted by atomic mass is 10.0. The number of carbonyl (C=O) groups excluding carboxylic acids is 2. The zero-order chi connectivity index (χ0) is 12.4. The van der Waals surface area contributed by atoms with Gasteiger partial charge in [0.25, 0.3) is 0 Å². The summed E-state index contributed by atoms with van der Waals surface area (Å²) in [5.41, 5.74) is 8.88. The van der Waals surface area contributed by atoms with E-state index in [1.807, 2.05) is 12.1 Å². The Morgan fingerprint density at radius 1 is 1.47 bits per heavy atom. The molecule has 1 atom stereocenters. The molecule has 0 radical (unpaired) electrons. The van der Waals surface area contributed by atoms with Crippen molar-refractivity contribution in [3.63, 3.8) is 0 Å². The van der Waals surface area contributed by atoms with Gasteiger partial charge in [-0.3, -0.25) is 9.59 Å². The molecule has 1 aliphatic rings. The van der Waals surface area contributed by atoms with Gasteiger partial charge in [-0.25, -0.2) is 0 Å². The molecule has 0 bridgehead atoms. The molecule has 1 amide bonds. The van der Waals surface area contributed by atoms with Crippen molar-refractivity contribution >= 4 is 11.7 Å². The van der Waals surface area contributed by atoms with Crippen LogP contribution < -0.4 is 11.1 Å². The number of ketones is 1. The first kappa shape index (κ1) is 11.8. The standard InChI is InChI=1S/C13H16N2O2/c1-8(16)15-7-13(17)10-3-2-9-4-5-12(14)11(9)6-10/h2-3,6,12H,4-5,7,14H2,1H3,(H,15,16). The summed E-state index contributed by atoms with van der Waals surface area (Å²) in [5, 5.41) is 2.50. The van der Waals surface area contributed by atoms with Crippen molar-refractivity contribution in [2.24, 2.45) is 5.73 Å². The molecule has 17 heavy (non-hydrogen) atoms. The van der Waals surface area contributed by atoms with E-state index in [0.29, 0.717) is 5.56 Å². The van der Waals surface area contributed by atoms with Crippen molar-refractivity contribution in [2.75, 3.05) is 6.54 Å². The van der Waals surface area contributed by atoms with E-state index in [2.05, 4.69) is 5.32 Å². The van der Waals surface area contributed by atoms with E-state index >= 15 is 0 Å². The third kappa shape index (κ3) is 2.53. The highest BCUT2D eigenvalue weighted by Crippen LogP contribution is 2.29. The van der Waals surface area contributed by atoms with Gasteiger partial charge in [0.15, 0.2) is 5.78 Å². The minimum absolute atomic E-state index is 0.0403. The van der Waals surface area contributed by atoms with Gasteiger partial charge in [0.2, 0.25) is 5.91 Å². The summed E-state index contributed by atoms with van der Waals surface area (Å²) in [6.07, 6.45) is 1.93. The number of carbonyl (C=O) groups is 2. The lowest BCUT2D eigenvalue weighted by Gasteiger charge is -2.07. The van der Waals surface area contributed by atoms with Crippen LogP contribution in [0.1, 0.15) is 40.9 Å². The summed E-state index contributed by atoms with van der Waals surface area (Å²) in [6.45, 7) is 1.44. The number of nitrogens with two attached hydrogens (primary N) is 1. The largest absolute Gasteiger partial charge is 0.349 e. The van der Waals surface area contributed by atoms with Crippen LogP contribution in [0.5, 0.6) is 0 Å². The molecule has 90 valence electrons. The third-order valence-electron chi connectivity index (χ3n) is 3.09. The average Bonchev–Trinajstić information content (AvgIpc) is 2.67. The van der Waals surface area contributed by atoms with Crippen LogP contribution in [0, 0.1) is 0 Å². The predicted octanol–water partition coefficient (Wildman–Crippen LogP) is 0.951. The first-order valence-corrected chi connectivity index (χ1v) is 5.74. The molecular weight excluding hydrogens is 216 g/mol. The van der Waals surface area contributed by atoms with Gasteiger partial charge in [0, 0.05) is 18.5 Å². The monoisotopic (exact) mass is 232 g/mol. The van der Waals surface area contributed by atoms with Crippen molar-refractivity contribution in [3.05, 3.63) is 34.9 Å². The maximum atomic E-state index is 11.8. The van der Waals surface area contributed by atoms with Crippen molar-refractivity contribution in [1.82, 2.24) is 5.32 Å². The van der Waals surface area contributed by atoms with Gasteiger partial charge < -0.3 is 11.1 Å². The van der Waals surface area contributed by atoms with Crippen molar-refractivity contribution < 1.29 is 9.59 Å². The van der Waals surface area contributed by atoms with E-state index in [0.717, 1.165) is 18.4 Å². The molecule has 1 aromatic carbocycles. The Labute approximate surface area is 100 Å². The van der Waals surface area contributed by atoms with Crippen molar-refractivity contribution in [2.45, 2.75) is 25.8 Å². The van der Waals surface area contributed by atoms with Gasteiger partial charge >= 0.3 is 0 Å². The zero-order valence-electron chi connectivity index (χ0n) is 9.82. The predicted molar refractivity (Wildman–Crippen MR) is 64.7 cm³/mol. The maximum absolute atomic E-state index is 11.8. The summed E-state index contributed by atoms with van der Waals surface area (Å²) in [5.74, 6) is -0.279.